The first-order valence-electron chi connectivity index (χ1n) is 12.2. The first kappa shape index (κ1) is 27.3. The predicted molar refractivity (Wildman–Crippen MR) is 142 cm³/mol. The fourth-order valence-electron chi connectivity index (χ4n) is 4.66. The number of hydrogen-bond acceptors (Lipinski definition) is 6. The monoisotopic (exact) mass is 541 g/mol. The first-order chi connectivity index (χ1) is 18.2. The molecule has 1 unspecified atom stereocenters. The van der Waals surface area contributed by atoms with E-state index in [1.54, 1.807) is 43.6 Å². The zero-order valence-corrected chi connectivity index (χ0v) is 21.5. The lowest BCUT2D eigenvalue weighted by Crippen LogP contribution is -2.37. The lowest BCUT2D eigenvalue weighted by atomic mass is 9.85. The van der Waals surface area contributed by atoms with E-state index in [0.717, 1.165) is 31.4 Å². The van der Waals surface area contributed by atoms with Crippen molar-refractivity contribution >= 4 is 29.4 Å². The molecule has 5 N–H and O–H groups in total. The lowest BCUT2D eigenvalue weighted by molar-refractivity contribution is 0.0655. The number of halogens is 2. The van der Waals surface area contributed by atoms with Crippen LogP contribution in [0.4, 0.5) is 15.0 Å². The number of nitrogen functional groups attached to an aromatic ring is 1. The highest BCUT2D eigenvalue weighted by Gasteiger charge is 2.25. The van der Waals surface area contributed by atoms with Crippen molar-refractivity contribution in [3.8, 4) is 11.3 Å². The normalized spacial score (nSPS) is 18.0. The second kappa shape index (κ2) is 12.2. The largest absolute Gasteiger partial charge is 0.465 e. The Hall–Kier alpha value is -3.76. The minimum absolute atomic E-state index is 0.133. The summed E-state index contributed by atoms with van der Waals surface area (Å²) >= 11 is 6.06. The molecule has 1 fully saturated rings. The highest BCUT2D eigenvalue weighted by molar-refractivity contribution is 6.30. The van der Waals surface area contributed by atoms with Crippen LogP contribution in [0.2, 0.25) is 5.02 Å². The number of carbonyl (C=O) groups is 2. The second-order valence-electron chi connectivity index (χ2n) is 9.20. The van der Waals surface area contributed by atoms with Crippen LogP contribution in [0.25, 0.3) is 11.3 Å². The quantitative estimate of drug-likeness (QED) is 0.317. The number of nitrogens with one attached hydrogen (secondary N) is 2. The lowest BCUT2D eigenvalue weighted by Gasteiger charge is -2.27. The Balaban J connectivity index is 1.54. The van der Waals surface area contributed by atoms with Crippen molar-refractivity contribution in [2.45, 2.75) is 43.7 Å². The van der Waals surface area contributed by atoms with Gasteiger partial charge < -0.3 is 26.2 Å². The molecule has 0 bridgehead atoms. The molecule has 38 heavy (non-hydrogen) atoms. The third-order valence-corrected chi connectivity index (χ3v) is 6.98. The van der Waals surface area contributed by atoms with E-state index in [0.29, 0.717) is 21.8 Å². The Kier molecular flexibility index (Phi) is 8.75. The number of methoxy groups -OCH3 is 1. The number of carboxylic acid groups (broad SMARTS) is 1. The standard InChI is InChI=1S/C27H29ClFN5O4/c1-38-19-8-5-15(6-9-19)22-13-31-25(30)24(33-22)17-7-10-20(21(29)12-17)26(35)34-23(14-32-27(36)37)16-3-2-4-18(28)11-16/h2-4,7,10-13,15,19,23,32H,5-6,8-9,14H2,1H3,(H2,30,31)(H,34,35)(H,36,37). The third kappa shape index (κ3) is 6.56. The van der Waals surface area contributed by atoms with E-state index in [9.17, 15) is 9.59 Å². The summed E-state index contributed by atoms with van der Waals surface area (Å²) in [5.41, 5.74) is 7.98. The maximum Gasteiger partial charge on any atom is 0.404 e. The summed E-state index contributed by atoms with van der Waals surface area (Å²) in [6.45, 7) is -0.133. The molecule has 1 aliphatic carbocycles. The average Bonchev–Trinajstić information content (AvgIpc) is 2.91. The van der Waals surface area contributed by atoms with Crippen molar-refractivity contribution in [2.75, 3.05) is 19.4 Å². The zero-order chi connectivity index (χ0) is 27.2. The van der Waals surface area contributed by atoms with Gasteiger partial charge in [0.15, 0.2) is 0 Å². The van der Waals surface area contributed by atoms with Crippen LogP contribution in [0.3, 0.4) is 0 Å². The van der Waals surface area contributed by atoms with Crippen LogP contribution in [0, 0.1) is 5.82 Å². The van der Waals surface area contributed by atoms with Crippen LogP contribution in [0.1, 0.15) is 59.3 Å². The number of carbonyl (C=O) groups excluding carboxylic acids is 1. The fourth-order valence-corrected chi connectivity index (χ4v) is 4.86. The Morgan fingerprint density at radius 2 is 1.97 bits per heavy atom. The number of aromatic nitrogens is 2. The molecule has 1 aromatic heterocycles. The van der Waals surface area contributed by atoms with Gasteiger partial charge in [-0.1, -0.05) is 29.8 Å². The Morgan fingerprint density at radius 1 is 1.21 bits per heavy atom. The summed E-state index contributed by atoms with van der Waals surface area (Å²) in [6, 6.07) is 9.96. The summed E-state index contributed by atoms with van der Waals surface area (Å²) in [6.07, 6.45) is 4.34. The Morgan fingerprint density at radius 3 is 2.63 bits per heavy atom. The molecule has 1 atom stereocenters. The van der Waals surface area contributed by atoms with Gasteiger partial charge in [-0.3, -0.25) is 4.79 Å². The van der Waals surface area contributed by atoms with Gasteiger partial charge in [0.1, 0.15) is 17.3 Å². The number of rotatable bonds is 8. The van der Waals surface area contributed by atoms with E-state index < -0.39 is 23.9 Å². The van der Waals surface area contributed by atoms with Crippen LogP contribution in [-0.2, 0) is 4.74 Å². The van der Waals surface area contributed by atoms with Gasteiger partial charge in [0.05, 0.1) is 29.6 Å². The topological polar surface area (TPSA) is 139 Å². The summed E-state index contributed by atoms with van der Waals surface area (Å²) in [5.74, 6) is -1.11. The van der Waals surface area contributed by atoms with Gasteiger partial charge in [0, 0.05) is 30.2 Å². The van der Waals surface area contributed by atoms with Crippen LogP contribution >= 0.6 is 11.6 Å². The zero-order valence-electron chi connectivity index (χ0n) is 20.8. The maximum atomic E-state index is 15.2. The second-order valence-corrected chi connectivity index (χ2v) is 9.64. The number of benzene rings is 2. The summed E-state index contributed by atoms with van der Waals surface area (Å²) < 4.78 is 20.6. The number of hydrogen-bond donors (Lipinski definition) is 4. The van der Waals surface area contributed by atoms with Crippen LogP contribution < -0.4 is 16.4 Å². The first-order valence-corrected chi connectivity index (χ1v) is 12.6. The van der Waals surface area contributed by atoms with E-state index in [1.165, 1.54) is 12.1 Å². The molecule has 0 aliphatic heterocycles. The number of nitrogens with zero attached hydrogens (tertiary/aromatic N) is 2. The highest BCUT2D eigenvalue weighted by Crippen LogP contribution is 2.34. The van der Waals surface area contributed by atoms with Crippen molar-refractivity contribution in [2.24, 2.45) is 0 Å². The minimum atomic E-state index is -1.26. The molecule has 2 aromatic carbocycles. The molecule has 1 heterocycles. The van der Waals surface area contributed by atoms with Crippen LogP contribution in [0.5, 0.6) is 0 Å². The van der Waals surface area contributed by atoms with Gasteiger partial charge in [-0.05, 0) is 55.5 Å². The van der Waals surface area contributed by atoms with E-state index in [4.69, 9.17) is 32.2 Å². The minimum Gasteiger partial charge on any atom is -0.465 e. The maximum absolute atomic E-state index is 15.2. The van der Waals surface area contributed by atoms with Gasteiger partial charge in [-0.25, -0.2) is 19.2 Å². The molecule has 0 saturated heterocycles. The predicted octanol–water partition coefficient (Wildman–Crippen LogP) is 4.93. The molecule has 4 rings (SSSR count). The average molecular weight is 542 g/mol. The molecule has 0 spiro atoms. The molecule has 9 nitrogen and oxygen atoms in total. The molecule has 1 aliphatic rings. The van der Waals surface area contributed by atoms with Gasteiger partial charge in [-0.2, -0.15) is 0 Å². The van der Waals surface area contributed by atoms with E-state index in [2.05, 4.69) is 15.6 Å². The molecular formula is C27H29ClFN5O4. The van der Waals surface area contributed by atoms with E-state index in [1.807, 2.05) is 0 Å². The van der Waals surface area contributed by atoms with Gasteiger partial charge in [-0.15, -0.1) is 0 Å². The highest BCUT2D eigenvalue weighted by atomic mass is 35.5. The van der Waals surface area contributed by atoms with Gasteiger partial charge >= 0.3 is 6.09 Å². The molecule has 1 saturated carbocycles. The van der Waals surface area contributed by atoms with Crippen LogP contribution in [0.15, 0.2) is 48.7 Å². The number of anilines is 1. The molecular weight excluding hydrogens is 513 g/mol. The summed E-state index contributed by atoms with van der Waals surface area (Å²) in [4.78, 5) is 33.0. The van der Waals surface area contributed by atoms with Crippen molar-refractivity contribution in [3.05, 3.63) is 76.3 Å². The third-order valence-electron chi connectivity index (χ3n) is 6.75. The number of ether oxygens (including phenoxy) is 1. The van der Waals surface area contributed by atoms with Gasteiger partial charge in [0.2, 0.25) is 0 Å². The number of amides is 2. The molecule has 11 heteroatoms. The van der Waals surface area contributed by atoms with Crippen molar-refractivity contribution in [1.82, 2.24) is 20.6 Å². The van der Waals surface area contributed by atoms with Crippen LogP contribution in [-0.4, -0.2) is 46.8 Å². The van der Waals surface area contributed by atoms with Crippen molar-refractivity contribution < 1.29 is 23.8 Å². The summed E-state index contributed by atoms with van der Waals surface area (Å²) in [5, 5.41) is 14.3. The summed E-state index contributed by atoms with van der Waals surface area (Å²) in [7, 11) is 1.72. The SMILES string of the molecule is COC1CCC(c2cnc(N)c(-c3ccc(C(=O)NC(CNC(=O)O)c4cccc(Cl)c4)c(F)c3)n2)CC1. The Labute approximate surface area is 224 Å². The molecule has 0 radical (unpaired) electrons. The van der Waals surface area contributed by atoms with Crippen molar-refractivity contribution in [3.63, 3.8) is 0 Å². The molecule has 2 amide bonds. The van der Waals surface area contributed by atoms with Crippen molar-refractivity contribution in [1.29, 1.82) is 0 Å². The van der Waals surface area contributed by atoms with E-state index in [-0.39, 0.29) is 29.9 Å². The molecule has 3 aromatic rings. The molecule has 200 valence electrons. The van der Waals surface area contributed by atoms with E-state index >= 15 is 4.39 Å². The van der Waals surface area contributed by atoms with Gasteiger partial charge in [0.25, 0.3) is 5.91 Å². The number of nitrogens with two attached hydrogens (primary N) is 1. The Bertz CT molecular complexity index is 1320. The fraction of sp³-hybridized carbons (Fsp3) is 0.333. The smallest absolute Gasteiger partial charge is 0.404 e.